The van der Waals surface area contributed by atoms with E-state index in [4.69, 9.17) is 15.0 Å². The predicted octanol–water partition coefficient (Wildman–Crippen LogP) is -0.840. The number of hydrogen-bond donors (Lipinski definition) is 0. The van der Waals surface area contributed by atoms with Gasteiger partial charge in [-0.3, -0.25) is 0 Å². The number of benzene rings is 2. The normalized spacial score (nSPS) is 10.4. The van der Waals surface area contributed by atoms with Gasteiger partial charge in [0.15, 0.2) is 11.6 Å². The van der Waals surface area contributed by atoms with Crippen molar-refractivity contribution in [3.8, 4) is 23.0 Å². The summed E-state index contributed by atoms with van der Waals surface area (Å²) in [5.41, 5.74) is 5.98. The Morgan fingerprint density at radius 2 is 1.00 bits per heavy atom. The number of pyridine rings is 1. The maximum Gasteiger partial charge on any atom is 2.00 e. The van der Waals surface area contributed by atoms with E-state index in [-0.39, 0.29) is 43.4 Å². The van der Waals surface area contributed by atoms with Crippen molar-refractivity contribution in [2.75, 3.05) is 0 Å². The maximum atomic E-state index is 4.95. The molecule has 0 saturated heterocycles. The number of fused-ring (bicyclic) bond motifs is 2. The molecule has 5 aromatic rings. The van der Waals surface area contributed by atoms with Gasteiger partial charge >= 0.3 is 18.6 Å². The van der Waals surface area contributed by atoms with Crippen LogP contribution in [0.5, 0.6) is 0 Å². The van der Waals surface area contributed by atoms with Crippen LogP contribution in [-0.4, -0.2) is 24.1 Å². The van der Waals surface area contributed by atoms with Crippen molar-refractivity contribution in [2.24, 2.45) is 0 Å². The molecule has 0 aliphatic carbocycles. The first kappa shape index (κ1) is 25.0. The fourth-order valence-corrected chi connectivity index (χ4v) is 3.87. The van der Waals surface area contributed by atoms with E-state index in [1.54, 1.807) is 0 Å². The third-order valence-electron chi connectivity index (χ3n) is 5.15. The molecule has 0 bridgehead atoms. The molecule has 0 N–H and O–H groups in total. The van der Waals surface area contributed by atoms with Crippen LogP contribution in [0.25, 0.3) is 45.1 Å². The van der Waals surface area contributed by atoms with Crippen LogP contribution in [0.2, 0.25) is 0 Å². The van der Waals surface area contributed by atoms with Crippen LogP contribution in [0, 0.1) is 0 Å². The van der Waals surface area contributed by atoms with Gasteiger partial charge in [0, 0.05) is 13.1 Å². The number of aromatic nitrogens is 5. The minimum Gasteiger partial charge on any atom is -1.00 e. The molecule has 3 aromatic heterocycles. The first-order valence-electron chi connectivity index (χ1n) is 9.68. The van der Waals surface area contributed by atoms with Gasteiger partial charge in [-0.2, -0.15) is 0 Å². The van der Waals surface area contributed by atoms with Crippen molar-refractivity contribution >= 4 is 22.1 Å². The van der Waals surface area contributed by atoms with E-state index >= 15 is 0 Å². The zero-order valence-corrected chi connectivity index (χ0v) is 20.1. The topological polar surface area (TPSA) is 48.5 Å². The van der Waals surface area contributed by atoms with Gasteiger partial charge in [-0.1, -0.05) is 30.3 Å². The van der Waals surface area contributed by atoms with E-state index < -0.39 is 0 Å². The number of hydrogen-bond acceptors (Lipinski definition) is 3. The fraction of sp³-hybridized carbons (Fsp3) is 0.174. The molecule has 0 fully saturated rings. The smallest absolute Gasteiger partial charge is 1.00 e. The van der Waals surface area contributed by atoms with Crippen molar-refractivity contribution in [2.45, 2.75) is 26.9 Å². The molecule has 0 aliphatic heterocycles. The standard InChI is InChI=1S/C23H21N5.2ClH.V/c1-3-27-20-14-7-5-10-16(20)25-22(27)18-12-9-13-19(24-18)23-26-17-11-6-8-15-21(17)28(23)4-2;;;/h5-15H,3-4H2,1-2H3;2*1H;/q;;;+2/p-2. The first-order valence-corrected chi connectivity index (χ1v) is 9.68. The summed E-state index contributed by atoms with van der Waals surface area (Å²) < 4.78 is 4.43. The molecule has 0 saturated carbocycles. The van der Waals surface area contributed by atoms with Crippen molar-refractivity contribution in [3.05, 3.63) is 66.7 Å². The molecule has 2 aromatic carbocycles. The molecule has 8 heteroatoms. The zero-order chi connectivity index (χ0) is 19.1. The van der Waals surface area contributed by atoms with Crippen LogP contribution >= 0.6 is 0 Å². The number of nitrogens with zero attached hydrogens (tertiary/aromatic N) is 5. The van der Waals surface area contributed by atoms with Gasteiger partial charge in [0.2, 0.25) is 0 Å². The Kier molecular flexibility index (Phi) is 8.32. The Morgan fingerprint density at radius 1 is 0.581 bits per heavy atom. The minimum absolute atomic E-state index is 0. The van der Waals surface area contributed by atoms with Crippen LogP contribution in [0.15, 0.2) is 66.7 Å². The Balaban J connectivity index is 0.00000114. The Hall–Kier alpha value is -2.31. The van der Waals surface area contributed by atoms with Gasteiger partial charge in [0.25, 0.3) is 0 Å². The number of para-hydroxylation sites is 4. The second kappa shape index (κ2) is 10.3. The Bertz CT molecular complexity index is 1210. The molecule has 0 spiro atoms. The average Bonchev–Trinajstić information content (AvgIpc) is 3.32. The van der Waals surface area contributed by atoms with Gasteiger partial charge in [0.05, 0.1) is 22.1 Å². The molecule has 1 radical (unpaired) electrons. The molecule has 3 heterocycles. The molecule has 5 nitrogen and oxygen atoms in total. The molecular formula is C23H21Cl2N5V. The molecule has 0 unspecified atom stereocenters. The zero-order valence-electron chi connectivity index (χ0n) is 17.2. The summed E-state index contributed by atoms with van der Waals surface area (Å²) >= 11 is 0. The monoisotopic (exact) mass is 488 g/mol. The van der Waals surface area contributed by atoms with E-state index in [1.165, 1.54) is 0 Å². The SMILES string of the molecule is CCn1c(-c2cccc(-c3nc4ccccc4n3CC)n2)nc2ccccc21.[Cl-].[Cl-].[V+2]. The van der Waals surface area contributed by atoms with Crippen molar-refractivity contribution in [1.82, 2.24) is 24.1 Å². The second-order valence-corrected chi connectivity index (χ2v) is 6.74. The third kappa shape index (κ3) is 4.24. The average molecular weight is 489 g/mol. The summed E-state index contributed by atoms with van der Waals surface area (Å²) in [6, 6.07) is 22.5. The second-order valence-electron chi connectivity index (χ2n) is 6.74. The van der Waals surface area contributed by atoms with Gasteiger partial charge in [-0.05, 0) is 50.2 Å². The molecule has 31 heavy (non-hydrogen) atoms. The third-order valence-corrected chi connectivity index (χ3v) is 5.15. The van der Waals surface area contributed by atoms with Gasteiger partial charge in [0.1, 0.15) is 11.4 Å². The van der Waals surface area contributed by atoms with Crippen molar-refractivity contribution in [1.29, 1.82) is 0 Å². The van der Waals surface area contributed by atoms with Gasteiger partial charge in [-0.15, -0.1) is 0 Å². The van der Waals surface area contributed by atoms with Crippen LogP contribution in [0.4, 0.5) is 0 Å². The number of imidazole rings is 2. The quantitative estimate of drug-likeness (QED) is 0.331. The number of aryl methyl sites for hydroxylation is 2. The summed E-state index contributed by atoms with van der Waals surface area (Å²) in [5.74, 6) is 1.79. The van der Waals surface area contributed by atoms with Crippen LogP contribution < -0.4 is 24.8 Å². The molecule has 5 rings (SSSR count). The van der Waals surface area contributed by atoms with Crippen LogP contribution in [-0.2, 0) is 31.6 Å². The molecule has 0 atom stereocenters. The Morgan fingerprint density at radius 3 is 1.42 bits per heavy atom. The fourth-order valence-electron chi connectivity index (χ4n) is 3.87. The molecule has 157 valence electrons. The first-order chi connectivity index (χ1) is 13.8. The Labute approximate surface area is 205 Å². The summed E-state index contributed by atoms with van der Waals surface area (Å²) in [4.78, 5) is 14.6. The number of rotatable bonds is 4. The van der Waals surface area contributed by atoms with Crippen molar-refractivity contribution in [3.63, 3.8) is 0 Å². The van der Waals surface area contributed by atoms with Crippen LogP contribution in [0.3, 0.4) is 0 Å². The molecule has 0 aliphatic rings. The summed E-state index contributed by atoms with van der Waals surface area (Å²) in [5, 5.41) is 0. The van der Waals surface area contributed by atoms with E-state index in [2.05, 4.69) is 35.1 Å². The van der Waals surface area contributed by atoms with E-state index in [1.807, 2.05) is 54.6 Å². The van der Waals surface area contributed by atoms with Gasteiger partial charge in [-0.25, -0.2) is 15.0 Å². The minimum atomic E-state index is 0. The molecule has 0 amide bonds. The van der Waals surface area contributed by atoms with E-state index in [0.29, 0.717) is 0 Å². The number of halogens is 2. The summed E-state index contributed by atoms with van der Waals surface area (Å²) in [7, 11) is 0. The van der Waals surface area contributed by atoms with Crippen molar-refractivity contribution < 1.29 is 43.4 Å². The van der Waals surface area contributed by atoms with E-state index in [9.17, 15) is 0 Å². The summed E-state index contributed by atoms with van der Waals surface area (Å²) in [6.45, 7) is 5.96. The van der Waals surface area contributed by atoms with Crippen LogP contribution in [0.1, 0.15) is 13.8 Å². The predicted molar refractivity (Wildman–Crippen MR) is 113 cm³/mol. The van der Waals surface area contributed by atoms with E-state index in [0.717, 1.165) is 58.2 Å². The van der Waals surface area contributed by atoms with Gasteiger partial charge < -0.3 is 33.9 Å². The largest absolute Gasteiger partial charge is 2.00 e. The summed E-state index contributed by atoms with van der Waals surface area (Å²) in [6.07, 6.45) is 0. The molecular weight excluding hydrogens is 468 g/mol. The maximum absolute atomic E-state index is 4.95.